The van der Waals surface area contributed by atoms with Gasteiger partial charge in [-0.05, 0) is 40.3 Å². The molecule has 2 aromatic rings. The van der Waals surface area contributed by atoms with Gasteiger partial charge in [0.2, 0.25) is 0 Å². The number of aliphatic carboxylic acids is 1. The standard InChI is InChI=1S/C18H25N3O2/c1-12-6-8-16(9-7-12)10-21-14(3)17(13(2)19-21)11-20(5)15(4)18(22)23/h6-9,15H,10-11H2,1-5H3,(H,22,23). The van der Waals surface area contributed by atoms with Crippen LogP contribution in [0.5, 0.6) is 0 Å². The molecule has 5 heteroatoms. The Kier molecular flexibility index (Phi) is 5.21. The molecule has 0 spiro atoms. The molecule has 0 fully saturated rings. The number of carboxylic acid groups (broad SMARTS) is 1. The van der Waals surface area contributed by atoms with E-state index < -0.39 is 12.0 Å². The summed E-state index contributed by atoms with van der Waals surface area (Å²) in [7, 11) is 1.83. The summed E-state index contributed by atoms with van der Waals surface area (Å²) in [6.45, 7) is 9.11. The van der Waals surface area contributed by atoms with Crippen molar-refractivity contribution in [2.45, 2.75) is 46.8 Å². The van der Waals surface area contributed by atoms with Crippen LogP contribution in [0.25, 0.3) is 0 Å². The molecule has 23 heavy (non-hydrogen) atoms. The molecule has 124 valence electrons. The zero-order chi connectivity index (χ0) is 17.1. The van der Waals surface area contributed by atoms with Gasteiger partial charge in [0.25, 0.3) is 0 Å². The van der Waals surface area contributed by atoms with E-state index >= 15 is 0 Å². The van der Waals surface area contributed by atoms with E-state index in [0.29, 0.717) is 6.54 Å². The van der Waals surface area contributed by atoms with Gasteiger partial charge in [0.15, 0.2) is 0 Å². The molecular formula is C18H25N3O2. The van der Waals surface area contributed by atoms with Gasteiger partial charge in [0.05, 0.1) is 12.2 Å². The molecule has 1 aromatic heterocycles. The Hall–Kier alpha value is -2.14. The van der Waals surface area contributed by atoms with Gasteiger partial charge in [-0.3, -0.25) is 14.4 Å². The Morgan fingerprint density at radius 2 is 1.87 bits per heavy atom. The lowest BCUT2D eigenvalue weighted by Crippen LogP contribution is -2.35. The smallest absolute Gasteiger partial charge is 0.320 e. The molecule has 0 saturated carbocycles. The number of carboxylic acids is 1. The number of nitrogens with zero attached hydrogens (tertiary/aromatic N) is 3. The van der Waals surface area contributed by atoms with Crippen LogP contribution in [-0.4, -0.2) is 38.8 Å². The lowest BCUT2D eigenvalue weighted by Gasteiger charge is -2.21. The number of rotatable bonds is 6. The molecular weight excluding hydrogens is 290 g/mol. The van der Waals surface area contributed by atoms with Gasteiger partial charge in [-0.15, -0.1) is 0 Å². The first-order chi connectivity index (χ1) is 10.8. The molecule has 0 bridgehead atoms. The summed E-state index contributed by atoms with van der Waals surface area (Å²) >= 11 is 0. The van der Waals surface area contributed by atoms with Crippen LogP contribution in [0.1, 0.15) is 35.0 Å². The lowest BCUT2D eigenvalue weighted by molar-refractivity contribution is -0.142. The maximum Gasteiger partial charge on any atom is 0.320 e. The molecule has 1 N–H and O–H groups in total. The summed E-state index contributed by atoms with van der Waals surface area (Å²) in [5.41, 5.74) is 5.60. The van der Waals surface area contributed by atoms with Crippen molar-refractivity contribution in [2.75, 3.05) is 7.05 Å². The fourth-order valence-corrected chi connectivity index (χ4v) is 2.56. The maximum atomic E-state index is 11.1. The monoisotopic (exact) mass is 315 g/mol. The van der Waals surface area contributed by atoms with Gasteiger partial charge < -0.3 is 5.11 Å². The van der Waals surface area contributed by atoms with E-state index in [-0.39, 0.29) is 0 Å². The highest BCUT2D eigenvalue weighted by molar-refractivity contribution is 5.72. The van der Waals surface area contributed by atoms with E-state index in [4.69, 9.17) is 5.11 Å². The quantitative estimate of drug-likeness (QED) is 0.890. The first-order valence-corrected chi connectivity index (χ1v) is 7.81. The average Bonchev–Trinajstić information content (AvgIpc) is 2.76. The van der Waals surface area contributed by atoms with Crippen molar-refractivity contribution in [2.24, 2.45) is 0 Å². The molecule has 2 rings (SSSR count). The van der Waals surface area contributed by atoms with Crippen LogP contribution < -0.4 is 0 Å². The predicted octanol–water partition coefficient (Wildman–Crippen LogP) is 2.76. The van der Waals surface area contributed by atoms with Crippen molar-refractivity contribution in [3.05, 3.63) is 52.3 Å². The van der Waals surface area contributed by atoms with Gasteiger partial charge in [0.1, 0.15) is 6.04 Å². The summed E-state index contributed by atoms with van der Waals surface area (Å²) in [5, 5.41) is 13.8. The molecule has 0 amide bonds. The van der Waals surface area contributed by atoms with Gasteiger partial charge in [-0.25, -0.2) is 0 Å². The summed E-state index contributed by atoms with van der Waals surface area (Å²) in [4.78, 5) is 12.9. The molecule has 0 radical (unpaired) electrons. The van der Waals surface area contributed by atoms with Crippen LogP contribution in [0, 0.1) is 20.8 Å². The van der Waals surface area contributed by atoms with Gasteiger partial charge >= 0.3 is 5.97 Å². The number of aromatic nitrogens is 2. The first-order valence-electron chi connectivity index (χ1n) is 7.81. The van der Waals surface area contributed by atoms with E-state index in [0.717, 1.165) is 23.5 Å². The van der Waals surface area contributed by atoms with Crippen molar-refractivity contribution >= 4 is 5.97 Å². The van der Waals surface area contributed by atoms with Gasteiger partial charge in [-0.1, -0.05) is 29.8 Å². The highest BCUT2D eigenvalue weighted by Gasteiger charge is 2.20. The second-order valence-corrected chi connectivity index (χ2v) is 6.22. The fourth-order valence-electron chi connectivity index (χ4n) is 2.56. The number of hydrogen-bond donors (Lipinski definition) is 1. The van der Waals surface area contributed by atoms with E-state index in [2.05, 4.69) is 36.3 Å². The van der Waals surface area contributed by atoms with Crippen LogP contribution in [-0.2, 0) is 17.9 Å². The third-order valence-electron chi connectivity index (χ3n) is 4.41. The van der Waals surface area contributed by atoms with Crippen LogP contribution in [0.3, 0.4) is 0 Å². The molecule has 0 aliphatic heterocycles. The van der Waals surface area contributed by atoms with Crippen molar-refractivity contribution in [1.82, 2.24) is 14.7 Å². The topological polar surface area (TPSA) is 58.4 Å². The van der Waals surface area contributed by atoms with E-state index in [1.807, 2.05) is 30.5 Å². The van der Waals surface area contributed by atoms with Crippen LogP contribution in [0.2, 0.25) is 0 Å². The Morgan fingerprint density at radius 1 is 1.26 bits per heavy atom. The molecule has 0 aliphatic carbocycles. The van der Waals surface area contributed by atoms with Crippen molar-refractivity contribution in [3.63, 3.8) is 0 Å². The summed E-state index contributed by atoms with van der Waals surface area (Å²) < 4.78 is 1.99. The van der Waals surface area contributed by atoms with Crippen LogP contribution in [0.4, 0.5) is 0 Å². The molecule has 1 unspecified atom stereocenters. The van der Waals surface area contributed by atoms with Crippen molar-refractivity contribution in [1.29, 1.82) is 0 Å². The molecule has 5 nitrogen and oxygen atoms in total. The lowest BCUT2D eigenvalue weighted by atomic mass is 10.1. The Balaban J connectivity index is 2.18. The number of hydrogen-bond acceptors (Lipinski definition) is 3. The fraction of sp³-hybridized carbons (Fsp3) is 0.444. The molecule has 1 aromatic carbocycles. The maximum absolute atomic E-state index is 11.1. The van der Waals surface area contributed by atoms with E-state index in [1.165, 1.54) is 11.1 Å². The van der Waals surface area contributed by atoms with Gasteiger partial charge in [0, 0.05) is 17.8 Å². The molecule has 0 saturated heterocycles. The molecule has 1 heterocycles. The number of carbonyl (C=O) groups is 1. The minimum Gasteiger partial charge on any atom is -0.480 e. The molecule has 0 aliphatic rings. The third kappa shape index (κ3) is 3.99. The average molecular weight is 315 g/mol. The normalized spacial score (nSPS) is 12.6. The largest absolute Gasteiger partial charge is 0.480 e. The van der Waals surface area contributed by atoms with Crippen LogP contribution in [0.15, 0.2) is 24.3 Å². The number of aryl methyl sites for hydroxylation is 2. The zero-order valence-electron chi connectivity index (χ0n) is 14.5. The number of likely N-dealkylation sites (N-methyl/N-ethyl adjacent to an activating group) is 1. The highest BCUT2D eigenvalue weighted by Crippen LogP contribution is 2.18. The SMILES string of the molecule is Cc1ccc(Cn2nc(C)c(CN(C)C(C)C(=O)O)c2C)cc1. The second kappa shape index (κ2) is 6.96. The summed E-state index contributed by atoms with van der Waals surface area (Å²) in [6, 6.07) is 7.91. The second-order valence-electron chi connectivity index (χ2n) is 6.22. The van der Waals surface area contributed by atoms with E-state index in [9.17, 15) is 4.79 Å². The predicted molar refractivity (Wildman–Crippen MR) is 90.5 cm³/mol. The Morgan fingerprint density at radius 3 is 2.43 bits per heavy atom. The Bertz CT molecular complexity index is 689. The zero-order valence-corrected chi connectivity index (χ0v) is 14.5. The Labute approximate surface area is 137 Å². The first kappa shape index (κ1) is 17.2. The summed E-state index contributed by atoms with van der Waals surface area (Å²) in [6.07, 6.45) is 0. The molecule has 1 atom stereocenters. The highest BCUT2D eigenvalue weighted by atomic mass is 16.4. The van der Waals surface area contributed by atoms with Crippen molar-refractivity contribution < 1.29 is 9.90 Å². The van der Waals surface area contributed by atoms with Crippen LogP contribution >= 0.6 is 0 Å². The minimum atomic E-state index is -0.810. The minimum absolute atomic E-state index is 0.519. The number of benzene rings is 1. The van der Waals surface area contributed by atoms with Crippen molar-refractivity contribution in [3.8, 4) is 0 Å². The third-order valence-corrected chi connectivity index (χ3v) is 4.41. The van der Waals surface area contributed by atoms with E-state index in [1.54, 1.807) is 6.92 Å². The summed E-state index contributed by atoms with van der Waals surface area (Å²) in [5.74, 6) is -0.810. The van der Waals surface area contributed by atoms with Gasteiger partial charge in [-0.2, -0.15) is 5.10 Å².